The molecule has 1 aliphatic rings. The number of para-hydroxylation sites is 1. The average Bonchev–Trinajstić information content (AvgIpc) is 3.56. The van der Waals surface area contributed by atoms with Crippen molar-refractivity contribution in [1.82, 2.24) is 25.0 Å². The van der Waals surface area contributed by atoms with Crippen LogP contribution < -0.4 is 5.32 Å². The van der Waals surface area contributed by atoms with Gasteiger partial charge in [-0.25, -0.2) is 4.98 Å². The predicted octanol–water partition coefficient (Wildman–Crippen LogP) is 4.04. The largest absolute Gasteiger partial charge is 0.352 e. The number of rotatable bonds is 5. The van der Waals surface area contributed by atoms with Crippen molar-refractivity contribution in [3.63, 3.8) is 0 Å². The van der Waals surface area contributed by atoms with E-state index >= 15 is 0 Å². The van der Waals surface area contributed by atoms with Crippen LogP contribution in [0, 0.1) is 5.92 Å². The maximum absolute atomic E-state index is 13.0. The molecule has 3 aromatic heterocycles. The Bertz CT molecular complexity index is 1230. The van der Waals surface area contributed by atoms with Crippen LogP contribution in [-0.4, -0.2) is 51.1 Å². The summed E-state index contributed by atoms with van der Waals surface area (Å²) in [5, 5.41) is 7.98. The van der Waals surface area contributed by atoms with Crippen molar-refractivity contribution in [1.29, 1.82) is 0 Å². The lowest BCUT2D eigenvalue weighted by Crippen LogP contribution is -2.41. The Morgan fingerprint density at radius 1 is 1.12 bits per heavy atom. The van der Waals surface area contributed by atoms with E-state index in [4.69, 9.17) is 4.98 Å². The summed E-state index contributed by atoms with van der Waals surface area (Å²) in [5.74, 6) is 0.360. The Balaban J connectivity index is 1.16. The van der Waals surface area contributed by atoms with Crippen LogP contribution >= 0.6 is 22.7 Å². The number of aromatic nitrogens is 3. The highest BCUT2D eigenvalue weighted by Crippen LogP contribution is 2.35. The Morgan fingerprint density at radius 2 is 1.94 bits per heavy atom. The van der Waals surface area contributed by atoms with Crippen molar-refractivity contribution in [2.45, 2.75) is 12.8 Å². The molecule has 4 aromatic rings. The number of carbonyl (C=O) groups excluding carboxylic acids is 2. The molecule has 1 N–H and O–H groups in total. The van der Waals surface area contributed by atoms with Crippen molar-refractivity contribution in [3.05, 3.63) is 59.2 Å². The van der Waals surface area contributed by atoms with Crippen LogP contribution in [0.1, 0.15) is 32.9 Å². The molecule has 32 heavy (non-hydrogen) atoms. The van der Waals surface area contributed by atoms with Crippen LogP contribution in [-0.2, 0) is 7.05 Å². The number of hydrogen-bond acceptors (Lipinski definition) is 6. The zero-order chi connectivity index (χ0) is 22.1. The molecule has 9 heteroatoms. The van der Waals surface area contributed by atoms with E-state index in [0.717, 1.165) is 37.8 Å². The number of thiazole rings is 1. The minimum absolute atomic E-state index is 0.0835. The number of hydrogen-bond donors (Lipinski definition) is 1. The van der Waals surface area contributed by atoms with Crippen LogP contribution in [0.3, 0.4) is 0 Å². The molecule has 0 aliphatic carbocycles. The normalized spacial score (nSPS) is 14.7. The molecule has 0 radical (unpaired) electrons. The fraction of sp³-hybridized carbons (Fsp3) is 0.304. The Morgan fingerprint density at radius 3 is 2.69 bits per heavy atom. The summed E-state index contributed by atoms with van der Waals surface area (Å²) in [6, 6.07) is 12.0. The Labute approximate surface area is 193 Å². The van der Waals surface area contributed by atoms with E-state index in [1.165, 1.54) is 11.3 Å². The number of amides is 2. The summed E-state index contributed by atoms with van der Waals surface area (Å²) in [4.78, 5) is 33.6. The molecule has 1 aliphatic heterocycles. The van der Waals surface area contributed by atoms with Crippen LogP contribution in [0.15, 0.2) is 48.8 Å². The quantitative estimate of drug-likeness (QED) is 0.482. The van der Waals surface area contributed by atoms with Gasteiger partial charge in [-0.3, -0.25) is 14.3 Å². The molecule has 1 saturated heterocycles. The fourth-order valence-corrected chi connectivity index (χ4v) is 5.91. The molecule has 7 nitrogen and oxygen atoms in total. The molecule has 0 saturated carbocycles. The van der Waals surface area contributed by atoms with Gasteiger partial charge in [0.1, 0.15) is 5.01 Å². The summed E-state index contributed by atoms with van der Waals surface area (Å²) in [6.45, 7) is 2.04. The Hall–Kier alpha value is -3.04. The summed E-state index contributed by atoms with van der Waals surface area (Å²) >= 11 is 3.16. The van der Waals surface area contributed by atoms with Crippen molar-refractivity contribution < 1.29 is 9.59 Å². The lowest BCUT2D eigenvalue weighted by molar-refractivity contribution is 0.0689. The van der Waals surface area contributed by atoms with Crippen molar-refractivity contribution >= 4 is 44.7 Å². The molecular weight excluding hydrogens is 442 g/mol. The van der Waals surface area contributed by atoms with Gasteiger partial charge in [0.15, 0.2) is 0 Å². The third kappa shape index (κ3) is 4.31. The second-order valence-electron chi connectivity index (χ2n) is 8.00. The summed E-state index contributed by atoms with van der Waals surface area (Å²) in [5.41, 5.74) is 1.56. The number of piperidine rings is 1. The van der Waals surface area contributed by atoms with Crippen LogP contribution in [0.25, 0.3) is 20.1 Å². The van der Waals surface area contributed by atoms with Gasteiger partial charge in [-0.2, -0.15) is 5.10 Å². The number of nitrogens with zero attached hydrogens (tertiary/aromatic N) is 4. The molecular formula is C23H23N5O2S2. The molecule has 5 rings (SSSR count). The predicted molar refractivity (Wildman–Crippen MR) is 127 cm³/mol. The van der Waals surface area contributed by atoms with Crippen LogP contribution in [0.2, 0.25) is 0 Å². The van der Waals surface area contributed by atoms with Gasteiger partial charge in [0.2, 0.25) is 0 Å². The standard InChI is InChI=1S/C23H23N5O2S2/c1-27-14-16(13-25-27)21(29)24-12-15-8-10-28(11-9-15)23(30)20-7-6-19(31-20)22-26-17-4-2-3-5-18(17)32-22/h2-7,13-15H,8-12H2,1H3,(H,24,29). The van der Waals surface area contributed by atoms with E-state index in [0.29, 0.717) is 31.1 Å². The zero-order valence-electron chi connectivity index (χ0n) is 17.7. The van der Waals surface area contributed by atoms with E-state index in [1.54, 1.807) is 35.5 Å². The molecule has 0 atom stereocenters. The first-order valence-corrected chi connectivity index (χ1v) is 12.2. The molecule has 0 unspecified atom stereocenters. The summed E-state index contributed by atoms with van der Waals surface area (Å²) in [7, 11) is 1.79. The number of benzene rings is 1. The van der Waals surface area contributed by atoms with E-state index in [9.17, 15) is 9.59 Å². The van der Waals surface area contributed by atoms with Gasteiger partial charge in [0.25, 0.3) is 11.8 Å². The number of nitrogens with one attached hydrogen (secondary N) is 1. The molecule has 1 aromatic carbocycles. The number of aryl methyl sites for hydroxylation is 1. The monoisotopic (exact) mass is 465 g/mol. The van der Waals surface area contributed by atoms with Crippen molar-refractivity contribution in [2.24, 2.45) is 13.0 Å². The van der Waals surface area contributed by atoms with Gasteiger partial charge in [-0.15, -0.1) is 22.7 Å². The topological polar surface area (TPSA) is 80.1 Å². The van der Waals surface area contributed by atoms with Crippen molar-refractivity contribution in [3.8, 4) is 9.88 Å². The minimum atomic E-state index is -0.0995. The summed E-state index contributed by atoms with van der Waals surface area (Å²) in [6.07, 6.45) is 5.05. The second-order valence-corrected chi connectivity index (χ2v) is 10.1. The van der Waals surface area contributed by atoms with Gasteiger partial charge in [-0.1, -0.05) is 12.1 Å². The Kier molecular flexibility index (Phi) is 5.75. The zero-order valence-corrected chi connectivity index (χ0v) is 19.3. The van der Waals surface area contributed by atoms with E-state index in [2.05, 4.69) is 16.5 Å². The molecule has 1 fully saturated rings. The number of thiophene rings is 1. The first kappa shape index (κ1) is 20.8. The second kappa shape index (κ2) is 8.84. The first-order chi connectivity index (χ1) is 15.6. The van der Waals surface area contributed by atoms with E-state index in [-0.39, 0.29) is 11.8 Å². The van der Waals surface area contributed by atoms with Gasteiger partial charge in [-0.05, 0) is 43.0 Å². The van der Waals surface area contributed by atoms with E-state index in [1.807, 2.05) is 35.2 Å². The molecule has 0 bridgehead atoms. The van der Waals surface area contributed by atoms with Gasteiger partial charge in [0.05, 0.1) is 31.7 Å². The molecule has 4 heterocycles. The van der Waals surface area contributed by atoms with Gasteiger partial charge < -0.3 is 10.2 Å². The SMILES string of the molecule is Cn1cc(C(=O)NCC2CCN(C(=O)c3ccc(-c4nc5ccccc5s4)s3)CC2)cn1. The van der Waals surface area contributed by atoms with Gasteiger partial charge in [0, 0.05) is 32.9 Å². The molecule has 2 amide bonds. The molecule has 0 spiro atoms. The third-order valence-corrected chi connectivity index (χ3v) is 8.02. The first-order valence-electron chi connectivity index (χ1n) is 10.6. The molecule has 164 valence electrons. The number of fused-ring (bicyclic) bond motifs is 1. The highest BCUT2D eigenvalue weighted by atomic mass is 32.1. The average molecular weight is 466 g/mol. The maximum Gasteiger partial charge on any atom is 0.263 e. The van der Waals surface area contributed by atoms with Crippen LogP contribution in [0.5, 0.6) is 0 Å². The van der Waals surface area contributed by atoms with E-state index < -0.39 is 0 Å². The smallest absolute Gasteiger partial charge is 0.263 e. The summed E-state index contributed by atoms with van der Waals surface area (Å²) < 4.78 is 2.77. The van der Waals surface area contributed by atoms with Crippen molar-refractivity contribution in [2.75, 3.05) is 19.6 Å². The number of likely N-dealkylation sites (tertiary alicyclic amines) is 1. The maximum atomic E-state index is 13.0. The lowest BCUT2D eigenvalue weighted by atomic mass is 9.96. The third-order valence-electron chi connectivity index (χ3n) is 5.74. The highest BCUT2D eigenvalue weighted by Gasteiger charge is 2.25. The highest BCUT2D eigenvalue weighted by molar-refractivity contribution is 7.26. The number of carbonyl (C=O) groups is 2. The minimum Gasteiger partial charge on any atom is -0.352 e. The van der Waals surface area contributed by atoms with Crippen LogP contribution in [0.4, 0.5) is 0 Å². The lowest BCUT2D eigenvalue weighted by Gasteiger charge is -2.31. The fourth-order valence-electron chi connectivity index (χ4n) is 3.92. The van der Waals surface area contributed by atoms with Gasteiger partial charge >= 0.3 is 0 Å².